The van der Waals surface area contributed by atoms with Gasteiger partial charge in [-0.25, -0.2) is 5.43 Å². The zero-order chi connectivity index (χ0) is 15.2. The Kier molecular flexibility index (Phi) is 4.25. The minimum absolute atomic E-state index is 0.00625. The molecule has 0 saturated carbocycles. The first-order valence-electron chi connectivity index (χ1n) is 6.00. The van der Waals surface area contributed by atoms with E-state index in [9.17, 15) is 14.9 Å². The number of amides is 1. The summed E-state index contributed by atoms with van der Waals surface area (Å²) < 4.78 is 0. The third-order valence-corrected chi connectivity index (χ3v) is 2.69. The molecule has 0 spiro atoms. The summed E-state index contributed by atoms with van der Waals surface area (Å²) in [5.74, 6) is -0.425. The number of para-hydroxylation sites is 1. The van der Waals surface area contributed by atoms with Gasteiger partial charge in [-0.05, 0) is 29.8 Å². The number of hydrazone groups is 1. The van der Waals surface area contributed by atoms with Crippen molar-refractivity contribution in [1.29, 1.82) is 0 Å². The lowest BCUT2D eigenvalue weighted by Gasteiger charge is -2.02. The van der Waals surface area contributed by atoms with Gasteiger partial charge < -0.3 is 5.73 Å². The van der Waals surface area contributed by atoms with E-state index in [1.807, 2.05) is 0 Å². The van der Waals surface area contributed by atoms with Gasteiger partial charge in [-0.2, -0.15) is 5.10 Å². The third-order valence-electron chi connectivity index (χ3n) is 2.69. The second-order valence-corrected chi connectivity index (χ2v) is 4.14. The summed E-state index contributed by atoms with van der Waals surface area (Å²) in [5.41, 5.74) is 9.33. The van der Waals surface area contributed by atoms with E-state index >= 15 is 0 Å². The number of nitrogens with zero attached hydrogens (tertiary/aromatic N) is 2. The molecule has 21 heavy (non-hydrogen) atoms. The number of benzene rings is 2. The fourth-order valence-corrected chi connectivity index (χ4v) is 1.61. The monoisotopic (exact) mass is 284 g/mol. The van der Waals surface area contributed by atoms with E-state index in [2.05, 4.69) is 10.5 Å². The molecule has 0 aromatic heterocycles. The molecular weight excluding hydrogens is 272 g/mol. The smallest absolute Gasteiger partial charge is 0.273 e. The van der Waals surface area contributed by atoms with Gasteiger partial charge in [-0.15, -0.1) is 0 Å². The Bertz CT molecular complexity index is 696. The number of anilines is 1. The average Bonchev–Trinajstić information content (AvgIpc) is 2.48. The topological polar surface area (TPSA) is 111 Å². The van der Waals surface area contributed by atoms with Crippen LogP contribution in [0.5, 0.6) is 0 Å². The van der Waals surface area contributed by atoms with Gasteiger partial charge in [0.2, 0.25) is 0 Å². The minimum Gasteiger partial charge on any atom is -0.398 e. The molecular formula is C14H12N4O3. The lowest BCUT2D eigenvalue weighted by molar-refractivity contribution is -0.384. The maximum Gasteiger partial charge on any atom is 0.273 e. The molecule has 7 heteroatoms. The highest BCUT2D eigenvalue weighted by atomic mass is 16.6. The van der Waals surface area contributed by atoms with Crippen LogP contribution in [0, 0.1) is 10.1 Å². The molecule has 7 nitrogen and oxygen atoms in total. The Balaban J connectivity index is 2.01. The Labute approximate surface area is 120 Å². The van der Waals surface area contributed by atoms with Gasteiger partial charge in [0.1, 0.15) is 0 Å². The molecule has 0 saturated heterocycles. The van der Waals surface area contributed by atoms with Crippen molar-refractivity contribution in [3.05, 3.63) is 69.8 Å². The fourth-order valence-electron chi connectivity index (χ4n) is 1.61. The van der Waals surface area contributed by atoms with E-state index in [-0.39, 0.29) is 5.69 Å². The van der Waals surface area contributed by atoms with Gasteiger partial charge in [-0.3, -0.25) is 14.9 Å². The standard InChI is InChI=1S/C14H12N4O3/c15-13-4-2-1-3-12(13)14(19)17-16-9-10-5-7-11(8-6-10)18(20)21/h1-9H,15H2,(H,17,19)/b16-9-. The van der Waals surface area contributed by atoms with Crippen LogP contribution in [0.25, 0.3) is 0 Å². The van der Waals surface area contributed by atoms with E-state index in [0.717, 1.165) is 0 Å². The van der Waals surface area contributed by atoms with E-state index < -0.39 is 10.8 Å². The summed E-state index contributed by atoms with van der Waals surface area (Å²) >= 11 is 0. The fraction of sp³-hybridized carbons (Fsp3) is 0. The normalized spacial score (nSPS) is 10.5. The molecule has 1 amide bonds. The molecule has 0 radical (unpaired) electrons. The summed E-state index contributed by atoms with van der Waals surface area (Å²) in [6, 6.07) is 12.4. The molecule has 0 fully saturated rings. The summed E-state index contributed by atoms with van der Waals surface area (Å²) in [5, 5.41) is 14.3. The second kappa shape index (κ2) is 6.29. The first-order valence-corrected chi connectivity index (χ1v) is 6.00. The molecule has 2 rings (SSSR count). The number of nitro benzene ring substituents is 1. The van der Waals surface area contributed by atoms with Crippen molar-refractivity contribution in [2.45, 2.75) is 0 Å². The zero-order valence-corrected chi connectivity index (χ0v) is 10.9. The summed E-state index contributed by atoms with van der Waals surface area (Å²) in [6.45, 7) is 0. The van der Waals surface area contributed by atoms with Gasteiger partial charge in [0, 0.05) is 17.8 Å². The van der Waals surface area contributed by atoms with E-state index in [4.69, 9.17) is 5.73 Å². The predicted octanol–water partition coefficient (Wildman–Crippen LogP) is 1.94. The van der Waals surface area contributed by atoms with E-state index in [1.165, 1.54) is 30.5 Å². The summed E-state index contributed by atoms with van der Waals surface area (Å²) in [7, 11) is 0. The van der Waals surface area contributed by atoms with E-state index in [0.29, 0.717) is 16.8 Å². The maximum atomic E-state index is 11.8. The Hall–Kier alpha value is -3.22. The molecule has 106 valence electrons. The number of rotatable bonds is 4. The van der Waals surface area contributed by atoms with Crippen LogP contribution in [0.1, 0.15) is 15.9 Å². The molecule has 3 N–H and O–H groups in total. The number of nitro groups is 1. The van der Waals surface area contributed by atoms with Crippen molar-refractivity contribution in [2.24, 2.45) is 5.10 Å². The first kappa shape index (κ1) is 14.2. The third kappa shape index (κ3) is 3.63. The number of nitrogens with one attached hydrogen (secondary N) is 1. The van der Waals surface area contributed by atoms with Gasteiger partial charge in [-0.1, -0.05) is 12.1 Å². The van der Waals surface area contributed by atoms with Crippen LogP contribution in [0.3, 0.4) is 0 Å². The highest BCUT2D eigenvalue weighted by molar-refractivity contribution is 5.99. The SMILES string of the molecule is Nc1ccccc1C(=O)N/N=C\c1ccc([N+](=O)[O-])cc1. The number of hydrogen-bond donors (Lipinski definition) is 2. The Morgan fingerprint density at radius 1 is 1.19 bits per heavy atom. The lowest BCUT2D eigenvalue weighted by Crippen LogP contribution is -2.18. The maximum absolute atomic E-state index is 11.8. The van der Waals surface area contributed by atoms with Crippen LogP contribution < -0.4 is 11.2 Å². The highest BCUT2D eigenvalue weighted by Gasteiger charge is 2.07. The van der Waals surface area contributed by atoms with Crippen molar-refractivity contribution in [2.75, 3.05) is 5.73 Å². The number of carbonyl (C=O) groups excluding carboxylic acids is 1. The highest BCUT2D eigenvalue weighted by Crippen LogP contribution is 2.11. The van der Waals surface area contributed by atoms with Crippen LogP contribution in [-0.2, 0) is 0 Å². The Morgan fingerprint density at radius 3 is 2.48 bits per heavy atom. The van der Waals surface area contributed by atoms with Gasteiger partial charge in [0.05, 0.1) is 16.7 Å². The lowest BCUT2D eigenvalue weighted by atomic mass is 10.2. The number of nitrogens with two attached hydrogens (primary N) is 1. The van der Waals surface area contributed by atoms with Crippen LogP contribution in [0.4, 0.5) is 11.4 Å². The summed E-state index contributed by atoms with van der Waals surface area (Å²) in [4.78, 5) is 21.8. The average molecular weight is 284 g/mol. The molecule has 0 atom stereocenters. The molecule has 0 aliphatic rings. The van der Waals surface area contributed by atoms with Crippen molar-refractivity contribution >= 4 is 23.5 Å². The van der Waals surface area contributed by atoms with Gasteiger partial charge >= 0.3 is 0 Å². The number of hydrogen-bond acceptors (Lipinski definition) is 5. The van der Waals surface area contributed by atoms with Crippen LogP contribution >= 0.6 is 0 Å². The van der Waals surface area contributed by atoms with Crippen molar-refractivity contribution in [1.82, 2.24) is 5.43 Å². The molecule has 2 aromatic carbocycles. The quantitative estimate of drug-likeness (QED) is 0.387. The molecule has 0 bridgehead atoms. The van der Waals surface area contributed by atoms with Gasteiger partial charge in [0.15, 0.2) is 0 Å². The minimum atomic E-state index is -0.485. The van der Waals surface area contributed by atoms with Crippen LogP contribution in [0.15, 0.2) is 53.6 Å². The Morgan fingerprint density at radius 2 is 1.86 bits per heavy atom. The van der Waals surface area contributed by atoms with Crippen molar-refractivity contribution in [3.63, 3.8) is 0 Å². The molecule has 0 unspecified atom stereocenters. The van der Waals surface area contributed by atoms with E-state index in [1.54, 1.807) is 24.3 Å². The van der Waals surface area contributed by atoms with Crippen molar-refractivity contribution < 1.29 is 9.72 Å². The number of non-ortho nitro benzene ring substituents is 1. The zero-order valence-electron chi connectivity index (χ0n) is 10.9. The number of carbonyl (C=O) groups is 1. The second-order valence-electron chi connectivity index (χ2n) is 4.14. The van der Waals surface area contributed by atoms with Crippen molar-refractivity contribution in [3.8, 4) is 0 Å². The number of nitrogen functional groups attached to an aromatic ring is 1. The largest absolute Gasteiger partial charge is 0.398 e. The predicted molar refractivity (Wildman–Crippen MR) is 79.0 cm³/mol. The first-order chi connectivity index (χ1) is 10.1. The molecule has 2 aromatic rings. The molecule has 0 aliphatic heterocycles. The van der Waals surface area contributed by atoms with Crippen LogP contribution in [0.2, 0.25) is 0 Å². The van der Waals surface area contributed by atoms with Gasteiger partial charge in [0.25, 0.3) is 11.6 Å². The van der Waals surface area contributed by atoms with Crippen LogP contribution in [-0.4, -0.2) is 17.0 Å². The summed E-state index contributed by atoms with van der Waals surface area (Å²) in [6.07, 6.45) is 1.39. The molecule has 0 heterocycles. The molecule has 0 aliphatic carbocycles.